The van der Waals surface area contributed by atoms with Crippen molar-refractivity contribution < 1.29 is 9.84 Å². The van der Waals surface area contributed by atoms with Crippen molar-refractivity contribution in [2.75, 3.05) is 13.2 Å². The number of hydrogen-bond acceptors (Lipinski definition) is 3. The Labute approximate surface area is 96.8 Å². The van der Waals surface area contributed by atoms with E-state index in [0.717, 1.165) is 24.1 Å². The van der Waals surface area contributed by atoms with Crippen molar-refractivity contribution in [1.29, 1.82) is 0 Å². The van der Waals surface area contributed by atoms with Gasteiger partial charge in [-0.15, -0.1) is 0 Å². The largest absolute Gasteiger partial charge is 0.507 e. The van der Waals surface area contributed by atoms with E-state index in [1.54, 1.807) is 0 Å². The van der Waals surface area contributed by atoms with E-state index in [1.165, 1.54) is 6.26 Å². The Hall–Kier alpha value is -1.48. The molecule has 0 heterocycles. The summed E-state index contributed by atoms with van der Waals surface area (Å²) in [6, 6.07) is 5.78. The molecular weight excluding hydrogens is 202 g/mol. The van der Waals surface area contributed by atoms with Gasteiger partial charge in [0.25, 0.3) is 0 Å². The normalized spacial score (nSPS) is 10.1. The molecule has 1 aromatic carbocycles. The number of ether oxygens (including phenoxy) is 1. The van der Waals surface area contributed by atoms with E-state index in [0.29, 0.717) is 18.9 Å². The number of aryl methyl sites for hydroxylation is 1. The summed E-state index contributed by atoms with van der Waals surface area (Å²) in [4.78, 5) is 0. The van der Waals surface area contributed by atoms with Crippen LogP contribution in [-0.4, -0.2) is 18.3 Å². The van der Waals surface area contributed by atoms with Gasteiger partial charge in [0.1, 0.15) is 5.75 Å². The van der Waals surface area contributed by atoms with Gasteiger partial charge in [-0.3, -0.25) is 0 Å². The van der Waals surface area contributed by atoms with Crippen molar-refractivity contribution in [3.05, 3.63) is 42.2 Å². The number of phenolic OH excluding ortho intramolecular Hbond substituents is 1. The smallest absolute Gasteiger partial charge is 0.122 e. The Kier molecular flexibility index (Phi) is 5.43. The topological polar surface area (TPSA) is 41.5 Å². The van der Waals surface area contributed by atoms with Crippen LogP contribution < -0.4 is 5.32 Å². The van der Waals surface area contributed by atoms with Gasteiger partial charge in [-0.05, 0) is 25.5 Å². The number of nitrogens with one attached hydrogen (secondary N) is 1. The lowest BCUT2D eigenvalue weighted by Crippen LogP contribution is -2.16. The Morgan fingerprint density at radius 3 is 3.06 bits per heavy atom. The van der Waals surface area contributed by atoms with Crippen LogP contribution in [0.15, 0.2) is 31.0 Å². The second kappa shape index (κ2) is 6.90. The molecule has 0 spiro atoms. The first-order valence-electron chi connectivity index (χ1n) is 5.46. The molecule has 1 rings (SSSR count). The first kappa shape index (κ1) is 12.6. The molecule has 3 nitrogen and oxygen atoms in total. The lowest BCUT2D eigenvalue weighted by Gasteiger charge is -2.08. The van der Waals surface area contributed by atoms with E-state index in [-0.39, 0.29) is 0 Å². The zero-order valence-electron chi connectivity index (χ0n) is 9.70. The molecule has 0 aliphatic heterocycles. The fourth-order valence-electron chi connectivity index (χ4n) is 1.45. The Balaban J connectivity index is 2.26. The molecule has 0 radical (unpaired) electrons. The number of aromatic hydroxyl groups is 1. The highest BCUT2D eigenvalue weighted by Crippen LogP contribution is 2.20. The first-order valence-corrected chi connectivity index (χ1v) is 5.46. The van der Waals surface area contributed by atoms with E-state index in [1.807, 2.05) is 25.1 Å². The van der Waals surface area contributed by atoms with Gasteiger partial charge in [-0.1, -0.05) is 24.8 Å². The monoisotopic (exact) mass is 221 g/mol. The Morgan fingerprint density at radius 1 is 1.50 bits per heavy atom. The minimum absolute atomic E-state index is 0.386. The highest BCUT2D eigenvalue weighted by molar-refractivity contribution is 5.39. The molecule has 16 heavy (non-hydrogen) atoms. The fraction of sp³-hybridized carbons (Fsp3) is 0.385. The molecule has 0 aliphatic carbocycles. The Bertz CT molecular complexity index is 337. The SMILES string of the molecule is C=COCCCNCc1cccc(C)c1O. The van der Waals surface area contributed by atoms with Crippen LogP contribution in [0, 0.1) is 6.92 Å². The lowest BCUT2D eigenvalue weighted by molar-refractivity contribution is 0.244. The molecule has 0 aliphatic rings. The van der Waals surface area contributed by atoms with Crippen molar-refractivity contribution in [2.24, 2.45) is 0 Å². The van der Waals surface area contributed by atoms with Gasteiger partial charge in [0.15, 0.2) is 0 Å². The molecule has 0 saturated heterocycles. The molecule has 0 fully saturated rings. The lowest BCUT2D eigenvalue weighted by atomic mass is 10.1. The minimum Gasteiger partial charge on any atom is -0.507 e. The van der Waals surface area contributed by atoms with Crippen LogP contribution in [0.1, 0.15) is 17.5 Å². The van der Waals surface area contributed by atoms with E-state index in [9.17, 15) is 5.11 Å². The predicted octanol–water partition coefficient (Wildman–Crippen LogP) is 2.34. The molecule has 0 bridgehead atoms. The molecule has 0 amide bonds. The molecule has 0 unspecified atom stereocenters. The summed E-state index contributed by atoms with van der Waals surface area (Å²) in [5, 5.41) is 13.0. The maximum absolute atomic E-state index is 9.76. The minimum atomic E-state index is 0.386. The van der Waals surface area contributed by atoms with Crippen molar-refractivity contribution >= 4 is 0 Å². The summed E-state index contributed by atoms with van der Waals surface area (Å²) in [7, 11) is 0. The number of phenols is 1. The van der Waals surface area contributed by atoms with E-state index in [2.05, 4.69) is 11.9 Å². The van der Waals surface area contributed by atoms with Gasteiger partial charge in [0.05, 0.1) is 12.9 Å². The number of benzene rings is 1. The van der Waals surface area contributed by atoms with Crippen LogP contribution in [0.25, 0.3) is 0 Å². The zero-order chi connectivity index (χ0) is 11.8. The van der Waals surface area contributed by atoms with Gasteiger partial charge >= 0.3 is 0 Å². The number of para-hydroxylation sites is 1. The molecule has 88 valence electrons. The van der Waals surface area contributed by atoms with Gasteiger partial charge in [-0.25, -0.2) is 0 Å². The van der Waals surface area contributed by atoms with E-state index in [4.69, 9.17) is 4.74 Å². The summed E-state index contributed by atoms with van der Waals surface area (Å²) >= 11 is 0. The standard InChI is InChI=1S/C13H19NO2/c1-3-16-9-5-8-14-10-12-7-4-6-11(2)13(12)15/h3-4,6-7,14-15H,1,5,8-10H2,2H3. The van der Waals surface area contributed by atoms with Gasteiger partial charge < -0.3 is 15.2 Å². The van der Waals surface area contributed by atoms with E-state index >= 15 is 0 Å². The van der Waals surface area contributed by atoms with Gasteiger partial charge in [-0.2, -0.15) is 0 Å². The maximum Gasteiger partial charge on any atom is 0.122 e. The maximum atomic E-state index is 9.76. The molecular formula is C13H19NO2. The summed E-state index contributed by atoms with van der Waals surface area (Å²) in [6.07, 6.45) is 2.38. The van der Waals surface area contributed by atoms with Gasteiger partial charge in [0.2, 0.25) is 0 Å². The summed E-state index contributed by atoms with van der Waals surface area (Å²) < 4.78 is 5.00. The van der Waals surface area contributed by atoms with Crippen LogP contribution in [0.2, 0.25) is 0 Å². The van der Waals surface area contributed by atoms with Crippen molar-refractivity contribution in [1.82, 2.24) is 5.32 Å². The molecule has 0 saturated carbocycles. The van der Waals surface area contributed by atoms with Crippen LogP contribution in [0.3, 0.4) is 0 Å². The highest BCUT2D eigenvalue weighted by atomic mass is 16.5. The van der Waals surface area contributed by atoms with Crippen LogP contribution in [0.4, 0.5) is 0 Å². The van der Waals surface area contributed by atoms with Crippen LogP contribution in [-0.2, 0) is 11.3 Å². The third-order valence-electron chi connectivity index (χ3n) is 2.37. The average molecular weight is 221 g/mol. The fourth-order valence-corrected chi connectivity index (χ4v) is 1.45. The van der Waals surface area contributed by atoms with Crippen molar-refractivity contribution in [2.45, 2.75) is 19.9 Å². The summed E-state index contributed by atoms with van der Waals surface area (Å²) in [6.45, 7) is 7.59. The second-order valence-electron chi connectivity index (χ2n) is 3.65. The zero-order valence-corrected chi connectivity index (χ0v) is 9.70. The third kappa shape index (κ3) is 3.95. The summed E-state index contributed by atoms with van der Waals surface area (Å²) in [5.41, 5.74) is 1.85. The van der Waals surface area contributed by atoms with Crippen LogP contribution in [0.5, 0.6) is 5.75 Å². The Morgan fingerprint density at radius 2 is 2.31 bits per heavy atom. The van der Waals surface area contributed by atoms with Gasteiger partial charge in [0, 0.05) is 12.1 Å². The quantitative estimate of drug-likeness (QED) is 0.548. The van der Waals surface area contributed by atoms with Crippen molar-refractivity contribution in [3.8, 4) is 5.75 Å². The molecule has 2 N–H and O–H groups in total. The van der Waals surface area contributed by atoms with Crippen molar-refractivity contribution in [3.63, 3.8) is 0 Å². The van der Waals surface area contributed by atoms with E-state index < -0.39 is 0 Å². The average Bonchev–Trinajstić information content (AvgIpc) is 2.29. The van der Waals surface area contributed by atoms with Crippen LogP contribution >= 0.6 is 0 Å². The highest BCUT2D eigenvalue weighted by Gasteiger charge is 2.02. The molecule has 0 aromatic heterocycles. The number of rotatable bonds is 7. The molecule has 1 aromatic rings. The summed E-state index contributed by atoms with van der Waals surface area (Å²) in [5.74, 6) is 0.386. The molecule has 0 atom stereocenters. The number of hydrogen-bond donors (Lipinski definition) is 2. The second-order valence-corrected chi connectivity index (χ2v) is 3.65. The first-order chi connectivity index (χ1) is 7.75. The third-order valence-corrected chi connectivity index (χ3v) is 2.37. The molecule has 3 heteroatoms. The predicted molar refractivity (Wildman–Crippen MR) is 65.3 cm³/mol.